The second-order valence-electron chi connectivity index (χ2n) is 8.81. The van der Waals surface area contributed by atoms with Crippen LogP contribution in [0.25, 0.3) is 43.8 Å². The first kappa shape index (κ1) is 36.4. The number of rotatable bonds is 2. The standard InChI is InChI=1S/2C16H13.C2H4Si.4ClH.2Zr/c2*1-12-10-14-8-5-9-15(16(14)11-12)13-6-3-2-4-7-13;1-3-2;;;;;;/h2*2-11H,1H3;1-2H2;4*1H;;/q2*-1;-2;;;;;2*+4/p-4. The summed E-state index contributed by atoms with van der Waals surface area (Å²) in [6.45, 7) is 11.1. The van der Waals surface area contributed by atoms with Crippen LogP contribution >= 0.6 is 34.1 Å². The van der Waals surface area contributed by atoms with Crippen LogP contribution in [0.3, 0.4) is 0 Å². The maximum absolute atomic E-state index is 4.93. The number of halogens is 4. The Bertz CT molecular complexity index is 1430. The summed E-state index contributed by atoms with van der Waals surface area (Å²) in [7, 11) is 20.3. The summed E-state index contributed by atoms with van der Waals surface area (Å²) in [5.74, 6) is 0. The molecule has 0 aliphatic carbocycles. The Balaban J connectivity index is 0.000000224. The molecule has 0 aliphatic heterocycles. The van der Waals surface area contributed by atoms with Gasteiger partial charge >= 0.3 is 75.7 Å². The van der Waals surface area contributed by atoms with E-state index in [4.69, 9.17) is 34.1 Å². The van der Waals surface area contributed by atoms with Gasteiger partial charge in [0, 0.05) is 0 Å². The van der Waals surface area contributed by atoms with E-state index >= 15 is 0 Å². The fourth-order valence-corrected chi connectivity index (χ4v) is 4.51. The first-order valence-corrected chi connectivity index (χ1v) is 26.7. The molecule has 0 N–H and O–H groups in total. The number of aryl methyl sites for hydroxylation is 2. The van der Waals surface area contributed by atoms with Crippen LogP contribution in [0, 0.1) is 26.9 Å². The molecule has 0 saturated heterocycles. The van der Waals surface area contributed by atoms with E-state index in [1.807, 2.05) is 0 Å². The van der Waals surface area contributed by atoms with Crippen LogP contribution < -0.4 is 0 Å². The molecule has 0 bridgehead atoms. The van der Waals surface area contributed by atoms with Crippen molar-refractivity contribution in [2.24, 2.45) is 0 Å². The SMILES string of the molecule is Cc1cc2c(-c3ccccc3)cccc2[cH-]1.Cc1cc2c(-c3ccccc3)cccc2[cH-]1.[CH2-][Si][CH2-].[Cl][Zr+2][Cl].[Cl][Zr+2][Cl]. The van der Waals surface area contributed by atoms with E-state index in [2.05, 4.69) is 148 Å². The Morgan fingerprint density at radius 3 is 1.17 bits per heavy atom. The second kappa shape index (κ2) is 21.0. The quantitative estimate of drug-likeness (QED) is 0.121. The van der Waals surface area contributed by atoms with Crippen LogP contribution in [0.2, 0.25) is 0 Å². The van der Waals surface area contributed by atoms with Gasteiger partial charge in [-0.15, -0.1) is 69.1 Å². The van der Waals surface area contributed by atoms with Gasteiger partial charge in [0.2, 0.25) is 0 Å². The van der Waals surface area contributed by atoms with Crippen molar-refractivity contribution in [1.82, 2.24) is 0 Å². The van der Waals surface area contributed by atoms with E-state index in [0.29, 0.717) is 9.52 Å². The normalized spacial score (nSPS) is 9.37. The molecule has 0 amide bonds. The molecule has 6 rings (SSSR count). The third-order valence-corrected chi connectivity index (χ3v) is 5.96. The molecule has 0 aliphatic rings. The molecule has 0 saturated carbocycles. The molecule has 7 heteroatoms. The average molecular weight is 791 g/mol. The van der Waals surface area contributed by atoms with Gasteiger partial charge < -0.3 is 22.6 Å². The molecule has 6 aromatic rings. The van der Waals surface area contributed by atoms with Gasteiger partial charge in [-0.1, -0.05) is 97.8 Å². The molecule has 0 fully saturated rings. The molecule has 41 heavy (non-hydrogen) atoms. The van der Waals surface area contributed by atoms with Crippen molar-refractivity contribution in [2.45, 2.75) is 13.8 Å². The molecule has 0 atom stereocenters. The van der Waals surface area contributed by atoms with Crippen LogP contribution in [0.1, 0.15) is 11.1 Å². The summed E-state index contributed by atoms with van der Waals surface area (Å²) < 4.78 is 0. The monoisotopic (exact) mass is 786 g/mol. The van der Waals surface area contributed by atoms with E-state index in [-0.39, 0.29) is 0 Å². The van der Waals surface area contributed by atoms with Gasteiger partial charge in [0.1, 0.15) is 0 Å². The first-order valence-electron chi connectivity index (χ1n) is 12.6. The van der Waals surface area contributed by atoms with Crippen molar-refractivity contribution >= 4 is 65.1 Å². The number of hydrogen-bond acceptors (Lipinski definition) is 0. The van der Waals surface area contributed by atoms with Crippen LogP contribution in [-0.4, -0.2) is 9.52 Å². The van der Waals surface area contributed by atoms with Gasteiger partial charge in [0.05, 0.1) is 0 Å². The van der Waals surface area contributed by atoms with Crippen molar-refractivity contribution in [3.8, 4) is 22.3 Å². The Morgan fingerprint density at radius 2 is 0.854 bits per heavy atom. The van der Waals surface area contributed by atoms with Crippen molar-refractivity contribution in [3.05, 3.63) is 146 Å². The summed E-state index contributed by atoms with van der Waals surface area (Å²) >= 11 is -1.65. The Labute approximate surface area is 285 Å². The molecule has 0 spiro atoms. The summed E-state index contributed by atoms with van der Waals surface area (Å²) in [5, 5.41) is 5.37. The minimum atomic E-state index is -0.826. The fourth-order valence-electron chi connectivity index (χ4n) is 4.51. The van der Waals surface area contributed by atoms with Gasteiger partial charge in [-0.3, -0.25) is 0 Å². The zero-order chi connectivity index (χ0) is 30.0. The Kier molecular flexibility index (Phi) is 18.7. The molecule has 0 unspecified atom stereocenters. The predicted octanol–water partition coefficient (Wildman–Crippen LogP) is 12.1. The first-order chi connectivity index (χ1) is 19.9. The third kappa shape index (κ3) is 12.0. The minimum absolute atomic E-state index is 0.583. The summed E-state index contributed by atoms with van der Waals surface area (Å²) in [5.41, 5.74) is 7.89. The van der Waals surface area contributed by atoms with Crippen LogP contribution in [0.5, 0.6) is 0 Å². The topological polar surface area (TPSA) is 0 Å². The van der Waals surface area contributed by atoms with Gasteiger partial charge in [-0.2, -0.15) is 12.1 Å². The van der Waals surface area contributed by atoms with E-state index in [0.717, 1.165) is 0 Å². The third-order valence-electron chi connectivity index (χ3n) is 5.96. The molecule has 206 valence electrons. The molecular weight excluding hydrogens is 761 g/mol. The molecular formula is C34H30Cl4SiZr2. The van der Waals surface area contributed by atoms with Crippen LogP contribution in [-0.2, 0) is 41.7 Å². The summed E-state index contributed by atoms with van der Waals surface area (Å²) in [4.78, 5) is 0. The molecule has 0 nitrogen and oxygen atoms in total. The number of fused-ring (bicyclic) bond motifs is 2. The van der Waals surface area contributed by atoms with Gasteiger partial charge in [0.15, 0.2) is 0 Å². The zero-order valence-electron chi connectivity index (χ0n) is 23.0. The predicted molar refractivity (Wildman–Crippen MR) is 179 cm³/mol. The van der Waals surface area contributed by atoms with Gasteiger partial charge in [-0.05, 0) is 11.1 Å². The molecule has 6 aromatic carbocycles. The van der Waals surface area contributed by atoms with E-state index in [1.54, 1.807) is 0 Å². The van der Waals surface area contributed by atoms with E-state index in [1.165, 1.54) is 54.9 Å². The molecule has 2 radical (unpaired) electrons. The summed E-state index contributed by atoms with van der Waals surface area (Å²) in [6, 6.07) is 43.1. The second-order valence-corrected chi connectivity index (χ2v) is 16.8. The molecule has 0 heterocycles. The number of benzene rings is 4. The van der Waals surface area contributed by atoms with Crippen LogP contribution in [0.15, 0.2) is 121 Å². The molecule has 0 aromatic heterocycles. The van der Waals surface area contributed by atoms with Gasteiger partial charge in [0.25, 0.3) is 0 Å². The van der Waals surface area contributed by atoms with Crippen molar-refractivity contribution in [1.29, 1.82) is 0 Å². The van der Waals surface area contributed by atoms with E-state index in [9.17, 15) is 0 Å². The fraction of sp³-hybridized carbons (Fsp3) is 0.0588. The van der Waals surface area contributed by atoms with Crippen molar-refractivity contribution < 1.29 is 41.7 Å². The average Bonchev–Trinajstić information content (AvgIpc) is 3.56. The van der Waals surface area contributed by atoms with Crippen molar-refractivity contribution in [3.63, 3.8) is 0 Å². The Morgan fingerprint density at radius 1 is 0.537 bits per heavy atom. The van der Waals surface area contributed by atoms with Crippen LogP contribution in [0.4, 0.5) is 0 Å². The Hall–Kier alpha value is -0.757. The van der Waals surface area contributed by atoms with Crippen molar-refractivity contribution in [2.75, 3.05) is 0 Å². The van der Waals surface area contributed by atoms with E-state index < -0.39 is 41.7 Å². The number of hydrogen-bond donors (Lipinski definition) is 0. The zero-order valence-corrected chi connectivity index (χ0v) is 31.9. The summed E-state index contributed by atoms with van der Waals surface area (Å²) in [6.07, 6.45) is 0. The van der Waals surface area contributed by atoms with Gasteiger partial charge in [-0.25, -0.2) is 0 Å². The maximum atomic E-state index is 4.93.